The van der Waals surface area contributed by atoms with Gasteiger partial charge < -0.3 is 4.52 Å². The van der Waals surface area contributed by atoms with Crippen LogP contribution in [-0.4, -0.2) is 14.7 Å². The molecule has 1 aromatic carbocycles. The van der Waals surface area contributed by atoms with Crippen LogP contribution in [0.25, 0.3) is 10.9 Å². The number of rotatable bonds is 4. The summed E-state index contributed by atoms with van der Waals surface area (Å²) in [4.78, 5) is 17.3. The maximum atomic E-state index is 12.7. The molecule has 6 heteroatoms. The summed E-state index contributed by atoms with van der Waals surface area (Å²) in [5, 5.41) is 3.90. The fourth-order valence-corrected chi connectivity index (χ4v) is 2.41. The molecule has 2 aromatic heterocycles. The molecule has 3 aromatic rings. The van der Waals surface area contributed by atoms with Gasteiger partial charge in [-0.05, 0) is 18.6 Å². The van der Waals surface area contributed by atoms with Crippen molar-refractivity contribution in [2.45, 2.75) is 25.3 Å². The molecule has 5 nitrogen and oxygen atoms in total. The zero-order chi connectivity index (χ0) is 14.8. The van der Waals surface area contributed by atoms with Crippen molar-refractivity contribution in [2.75, 3.05) is 0 Å². The number of para-hydroxylation sites is 1. The van der Waals surface area contributed by atoms with E-state index in [1.54, 1.807) is 22.9 Å². The Kier molecular flexibility index (Phi) is 3.75. The normalized spacial score (nSPS) is 12.7. The van der Waals surface area contributed by atoms with Crippen LogP contribution in [-0.2, 0) is 6.54 Å². The van der Waals surface area contributed by atoms with Crippen LogP contribution in [0.1, 0.15) is 30.3 Å². The molecule has 21 heavy (non-hydrogen) atoms. The van der Waals surface area contributed by atoms with Crippen LogP contribution in [0.3, 0.4) is 0 Å². The second-order valence-corrected chi connectivity index (χ2v) is 5.26. The van der Waals surface area contributed by atoms with Crippen LogP contribution >= 0.6 is 11.6 Å². The van der Waals surface area contributed by atoms with Crippen molar-refractivity contribution in [1.29, 1.82) is 0 Å². The summed E-state index contributed by atoms with van der Waals surface area (Å²) < 4.78 is 6.65. The lowest BCUT2D eigenvalue weighted by molar-refractivity contribution is 0.372. The van der Waals surface area contributed by atoms with Crippen molar-refractivity contribution >= 4 is 22.5 Å². The van der Waals surface area contributed by atoms with Gasteiger partial charge in [-0.25, -0.2) is 4.98 Å². The van der Waals surface area contributed by atoms with Gasteiger partial charge in [0.1, 0.15) is 5.82 Å². The smallest absolute Gasteiger partial charge is 0.261 e. The van der Waals surface area contributed by atoms with E-state index in [-0.39, 0.29) is 17.5 Å². The predicted octanol–water partition coefficient (Wildman–Crippen LogP) is 3.12. The molecule has 0 aliphatic heterocycles. The highest BCUT2D eigenvalue weighted by Crippen LogP contribution is 2.23. The quantitative estimate of drug-likeness (QED) is 0.695. The molecule has 1 atom stereocenters. The Hall–Kier alpha value is -2.14. The fraction of sp³-hybridized carbons (Fsp3) is 0.267. The van der Waals surface area contributed by atoms with Gasteiger partial charge in [-0.15, -0.1) is 11.6 Å². The lowest BCUT2D eigenvalue weighted by Crippen LogP contribution is -2.26. The molecule has 0 saturated carbocycles. The van der Waals surface area contributed by atoms with Gasteiger partial charge in [0.2, 0.25) is 0 Å². The van der Waals surface area contributed by atoms with Gasteiger partial charge in [0, 0.05) is 6.07 Å². The summed E-state index contributed by atoms with van der Waals surface area (Å²) in [5.74, 6) is 1.15. The van der Waals surface area contributed by atoms with Crippen molar-refractivity contribution in [3.05, 3.63) is 58.5 Å². The molecular weight excluding hydrogens is 290 g/mol. The van der Waals surface area contributed by atoms with Crippen LogP contribution in [0.4, 0.5) is 0 Å². The van der Waals surface area contributed by atoms with Crippen LogP contribution in [0.5, 0.6) is 0 Å². The number of aromatic nitrogens is 3. The highest BCUT2D eigenvalue weighted by atomic mass is 35.5. The van der Waals surface area contributed by atoms with Crippen LogP contribution < -0.4 is 5.56 Å². The zero-order valence-electron chi connectivity index (χ0n) is 11.5. The van der Waals surface area contributed by atoms with E-state index in [4.69, 9.17) is 16.1 Å². The highest BCUT2D eigenvalue weighted by Gasteiger charge is 2.17. The first-order valence-electron chi connectivity index (χ1n) is 6.73. The molecule has 0 spiro atoms. The Balaban J connectivity index is 2.23. The van der Waals surface area contributed by atoms with E-state index < -0.39 is 0 Å². The SMILES string of the molecule is CCC(Cl)c1nc2ccccc2c(=O)n1Cc1ccno1. The molecular formula is C15H14ClN3O2. The molecule has 0 N–H and O–H groups in total. The summed E-state index contributed by atoms with van der Waals surface area (Å²) in [7, 11) is 0. The van der Waals surface area contributed by atoms with Gasteiger partial charge in [0.05, 0.1) is 29.0 Å². The minimum Gasteiger partial charge on any atom is -0.359 e. The Morgan fingerprint density at radius 3 is 2.86 bits per heavy atom. The minimum atomic E-state index is -0.328. The first kappa shape index (κ1) is 13.8. The van der Waals surface area contributed by atoms with Crippen LogP contribution in [0, 0.1) is 0 Å². The second-order valence-electron chi connectivity index (χ2n) is 4.73. The Morgan fingerprint density at radius 2 is 2.14 bits per heavy atom. The maximum absolute atomic E-state index is 12.7. The first-order valence-corrected chi connectivity index (χ1v) is 7.17. The van der Waals surface area contributed by atoms with E-state index in [0.29, 0.717) is 28.9 Å². The summed E-state index contributed by atoms with van der Waals surface area (Å²) in [6.07, 6.45) is 2.23. The summed E-state index contributed by atoms with van der Waals surface area (Å²) in [5.41, 5.74) is 0.538. The largest absolute Gasteiger partial charge is 0.359 e. The molecule has 108 valence electrons. The number of fused-ring (bicyclic) bond motifs is 1. The van der Waals surface area contributed by atoms with Crippen LogP contribution in [0.2, 0.25) is 0 Å². The summed E-state index contributed by atoms with van der Waals surface area (Å²) >= 11 is 6.34. The van der Waals surface area contributed by atoms with Crippen molar-refractivity contribution in [2.24, 2.45) is 0 Å². The lowest BCUT2D eigenvalue weighted by atomic mass is 10.2. The Morgan fingerprint density at radius 1 is 1.33 bits per heavy atom. The Labute approximate surface area is 126 Å². The second kappa shape index (κ2) is 5.69. The number of benzene rings is 1. The van der Waals surface area contributed by atoms with Crippen molar-refractivity contribution < 1.29 is 4.52 Å². The average Bonchev–Trinajstić information content (AvgIpc) is 3.02. The molecule has 0 aliphatic carbocycles. The van der Waals surface area contributed by atoms with Gasteiger partial charge in [-0.2, -0.15) is 0 Å². The van der Waals surface area contributed by atoms with E-state index in [1.165, 1.54) is 0 Å². The standard InChI is InChI=1S/C15H14ClN3O2/c1-2-12(16)14-18-13-6-4-3-5-11(13)15(20)19(14)9-10-7-8-17-21-10/h3-8,12H,2,9H2,1H3. The van der Waals surface area contributed by atoms with E-state index in [0.717, 1.165) is 0 Å². The molecule has 0 fully saturated rings. The van der Waals surface area contributed by atoms with E-state index >= 15 is 0 Å². The number of halogens is 1. The Bertz CT molecular complexity index is 811. The number of hydrogen-bond acceptors (Lipinski definition) is 4. The highest BCUT2D eigenvalue weighted by molar-refractivity contribution is 6.20. The van der Waals surface area contributed by atoms with Crippen molar-refractivity contribution in [3.63, 3.8) is 0 Å². The molecule has 1 unspecified atom stereocenters. The number of alkyl halides is 1. The molecule has 0 bridgehead atoms. The zero-order valence-corrected chi connectivity index (χ0v) is 12.2. The molecule has 0 saturated heterocycles. The summed E-state index contributed by atoms with van der Waals surface area (Å²) in [6, 6.07) is 8.98. The van der Waals surface area contributed by atoms with E-state index in [2.05, 4.69) is 10.1 Å². The van der Waals surface area contributed by atoms with Crippen molar-refractivity contribution in [1.82, 2.24) is 14.7 Å². The van der Waals surface area contributed by atoms with Gasteiger partial charge in [-0.1, -0.05) is 24.2 Å². The number of nitrogens with zero attached hydrogens (tertiary/aromatic N) is 3. The third-order valence-corrected chi connectivity index (χ3v) is 3.84. The monoisotopic (exact) mass is 303 g/mol. The molecule has 0 amide bonds. The van der Waals surface area contributed by atoms with Crippen LogP contribution in [0.15, 0.2) is 45.8 Å². The third kappa shape index (κ3) is 2.56. The van der Waals surface area contributed by atoms with E-state index in [9.17, 15) is 4.79 Å². The lowest BCUT2D eigenvalue weighted by Gasteiger charge is -2.15. The van der Waals surface area contributed by atoms with Gasteiger partial charge in [0.15, 0.2) is 5.76 Å². The first-order chi connectivity index (χ1) is 10.2. The number of hydrogen-bond donors (Lipinski definition) is 0. The molecule has 0 radical (unpaired) electrons. The fourth-order valence-electron chi connectivity index (χ4n) is 2.24. The maximum Gasteiger partial charge on any atom is 0.261 e. The van der Waals surface area contributed by atoms with Gasteiger partial charge in [0.25, 0.3) is 5.56 Å². The topological polar surface area (TPSA) is 60.9 Å². The van der Waals surface area contributed by atoms with Crippen molar-refractivity contribution in [3.8, 4) is 0 Å². The molecule has 2 heterocycles. The van der Waals surface area contributed by atoms with Gasteiger partial charge in [-0.3, -0.25) is 9.36 Å². The predicted molar refractivity (Wildman–Crippen MR) is 80.5 cm³/mol. The third-order valence-electron chi connectivity index (χ3n) is 3.33. The molecule has 3 rings (SSSR count). The minimum absolute atomic E-state index is 0.119. The average molecular weight is 304 g/mol. The van der Waals surface area contributed by atoms with Gasteiger partial charge >= 0.3 is 0 Å². The molecule has 0 aliphatic rings. The summed E-state index contributed by atoms with van der Waals surface area (Å²) in [6.45, 7) is 2.23. The van der Waals surface area contributed by atoms with E-state index in [1.807, 2.05) is 25.1 Å².